The van der Waals surface area contributed by atoms with Gasteiger partial charge in [-0.25, -0.2) is 4.79 Å². The van der Waals surface area contributed by atoms with E-state index >= 15 is 0 Å². The number of benzene rings is 1. The van der Waals surface area contributed by atoms with E-state index in [0.717, 1.165) is 18.3 Å². The zero-order valence-corrected chi connectivity index (χ0v) is 12.3. The van der Waals surface area contributed by atoms with Crippen LogP contribution in [0.2, 0.25) is 0 Å². The molecule has 0 saturated heterocycles. The second-order valence-corrected chi connectivity index (χ2v) is 5.42. The highest BCUT2D eigenvalue weighted by molar-refractivity contribution is 5.91. The normalized spacial score (nSPS) is 16.0. The molecule has 1 aliphatic carbocycles. The van der Waals surface area contributed by atoms with Gasteiger partial charge in [0.25, 0.3) is 0 Å². The van der Waals surface area contributed by atoms with Gasteiger partial charge < -0.3 is 15.8 Å². The quantitative estimate of drug-likeness (QED) is 0.614. The number of rotatable bonds is 6. The van der Waals surface area contributed by atoms with Gasteiger partial charge in [-0.15, -0.1) is 0 Å². The minimum absolute atomic E-state index is 0.370. The van der Waals surface area contributed by atoms with E-state index in [1.165, 1.54) is 20.0 Å². The van der Waals surface area contributed by atoms with E-state index in [1.54, 1.807) is 12.1 Å². The third-order valence-corrected chi connectivity index (χ3v) is 3.88. The Morgan fingerprint density at radius 1 is 1.55 bits per heavy atom. The maximum Gasteiger partial charge on any atom is 0.337 e. The van der Waals surface area contributed by atoms with Crippen LogP contribution in [-0.2, 0) is 4.74 Å². The van der Waals surface area contributed by atoms with Gasteiger partial charge in [-0.1, -0.05) is 0 Å². The van der Waals surface area contributed by atoms with Gasteiger partial charge in [0.1, 0.15) is 0 Å². The van der Waals surface area contributed by atoms with Crippen molar-refractivity contribution in [3.05, 3.63) is 23.8 Å². The van der Waals surface area contributed by atoms with E-state index in [9.17, 15) is 4.79 Å². The molecule has 1 aromatic carbocycles. The number of nitrogens with two attached hydrogens (primary N) is 1. The van der Waals surface area contributed by atoms with Gasteiger partial charge in [-0.3, -0.25) is 4.90 Å². The van der Waals surface area contributed by atoms with Gasteiger partial charge >= 0.3 is 5.97 Å². The number of carbonyl (C=O) groups is 1. The lowest BCUT2D eigenvalue weighted by Crippen LogP contribution is -2.36. The fourth-order valence-electron chi connectivity index (χ4n) is 2.21. The standard InChI is InChI=1S/C15H23N3O2/c1-10(18(2)12-5-6-12)9-17-14-7-4-11(8-13(14)16)15(19)20-3/h4,7-8,10,12,17H,5-6,9,16H2,1-3H3. The van der Waals surface area contributed by atoms with Crippen molar-refractivity contribution in [3.63, 3.8) is 0 Å². The van der Waals surface area contributed by atoms with Crippen LogP contribution in [0.25, 0.3) is 0 Å². The summed E-state index contributed by atoms with van der Waals surface area (Å²) < 4.78 is 4.67. The second-order valence-electron chi connectivity index (χ2n) is 5.42. The van der Waals surface area contributed by atoms with E-state index in [4.69, 9.17) is 5.73 Å². The first kappa shape index (κ1) is 14.7. The summed E-state index contributed by atoms with van der Waals surface area (Å²) in [5, 5.41) is 3.34. The van der Waals surface area contributed by atoms with Crippen LogP contribution in [0.4, 0.5) is 11.4 Å². The van der Waals surface area contributed by atoms with Crippen molar-refractivity contribution in [1.82, 2.24) is 4.90 Å². The van der Waals surface area contributed by atoms with Crippen LogP contribution >= 0.6 is 0 Å². The number of carbonyl (C=O) groups excluding carboxylic acids is 1. The first-order valence-electron chi connectivity index (χ1n) is 6.96. The Morgan fingerprint density at radius 3 is 2.80 bits per heavy atom. The molecule has 110 valence electrons. The molecule has 1 saturated carbocycles. The van der Waals surface area contributed by atoms with Crippen molar-refractivity contribution in [2.75, 3.05) is 31.8 Å². The summed E-state index contributed by atoms with van der Waals surface area (Å²) in [4.78, 5) is 13.8. The van der Waals surface area contributed by atoms with E-state index < -0.39 is 0 Å². The third kappa shape index (κ3) is 3.42. The molecule has 0 amide bonds. The minimum Gasteiger partial charge on any atom is -0.465 e. The number of nitrogen functional groups attached to an aromatic ring is 1. The second kappa shape index (κ2) is 6.13. The van der Waals surface area contributed by atoms with Crippen molar-refractivity contribution in [2.24, 2.45) is 0 Å². The number of nitrogens with zero attached hydrogens (tertiary/aromatic N) is 1. The molecule has 20 heavy (non-hydrogen) atoms. The first-order chi connectivity index (χ1) is 9.52. The van der Waals surface area contributed by atoms with E-state index in [2.05, 4.69) is 28.9 Å². The molecule has 0 aromatic heterocycles. The highest BCUT2D eigenvalue weighted by Gasteiger charge is 2.28. The molecule has 1 aliphatic rings. The molecule has 0 heterocycles. The van der Waals surface area contributed by atoms with Gasteiger partial charge in [0.05, 0.1) is 24.0 Å². The molecule has 5 heteroatoms. The fraction of sp³-hybridized carbons (Fsp3) is 0.533. The van der Waals surface area contributed by atoms with Crippen molar-refractivity contribution in [2.45, 2.75) is 31.8 Å². The fourth-order valence-corrected chi connectivity index (χ4v) is 2.21. The number of hydrogen-bond donors (Lipinski definition) is 2. The number of likely N-dealkylation sites (N-methyl/N-ethyl adjacent to an activating group) is 1. The zero-order valence-electron chi connectivity index (χ0n) is 12.3. The molecule has 2 rings (SSSR count). The Bertz CT molecular complexity index is 486. The van der Waals surface area contributed by atoms with Gasteiger partial charge in [-0.2, -0.15) is 0 Å². The summed E-state index contributed by atoms with van der Waals surface area (Å²) in [6, 6.07) is 6.38. The molecule has 0 aliphatic heterocycles. The van der Waals surface area contributed by atoms with Crippen molar-refractivity contribution >= 4 is 17.3 Å². The Labute approximate surface area is 120 Å². The molecule has 0 spiro atoms. The summed E-state index contributed by atoms with van der Waals surface area (Å²) in [6.07, 6.45) is 2.60. The molecule has 1 atom stereocenters. The van der Waals surface area contributed by atoms with Gasteiger partial charge in [-0.05, 0) is 45.0 Å². The highest BCUT2D eigenvalue weighted by atomic mass is 16.5. The van der Waals surface area contributed by atoms with Crippen LogP contribution in [0.15, 0.2) is 18.2 Å². The van der Waals surface area contributed by atoms with Gasteiger partial charge in [0.2, 0.25) is 0 Å². The van der Waals surface area contributed by atoms with Crippen LogP contribution < -0.4 is 11.1 Å². The van der Waals surface area contributed by atoms with E-state index in [-0.39, 0.29) is 5.97 Å². The molecule has 0 radical (unpaired) electrons. The first-order valence-corrected chi connectivity index (χ1v) is 6.96. The third-order valence-electron chi connectivity index (χ3n) is 3.88. The average Bonchev–Trinajstić information content (AvgIpc) is 3.28. The zero-order chi connectivity index (χ0) is 14.7. The number of nitrogens with one attached hydrogen (secondary N) is 1. The molecule has 5 nitrogen and oxygen atoms in total. The Morgan fingerprint density at radius 2 is 2.25 bits per heavy atom. The molecular formula is C15H23N3O2. The summed E-state index contributed by atoms with van der Waals surface area (Å²) in [5.41, 5.74) is 7.85. The topological polar surface area (TPSA) is 67.6 Å². The summed E-state index contributed by atoms with van der Waals surface area (Å²) >= 11 is 0. The monoisotopic (exact) mass is 277 g/mol. The van der Waals surface area contributed by atoms with Crippen molar-refractivity contribution < 1.29 is 9.53 Å². The van der Waals surface area contributed by atoms with E-state index in [0.29, 0.717) is 17.3 Å². The maximum atomic E-state index is 11.4. The number of ether oxygens (including phenoxy) is 1. The maximum absolute atomic E-state index is 11.4. The van der Waals surface area contributed by atoms with Crippen LogP contribution in [-0.4, -0.2) is 43.7 Å². The predicted octanol–water partition coefficient (Wildman–Crippen LogP) is 1.95. The summed E-state index contributed by atoms with van der Waals surface area (Å²) in [7, 11) is 3.52. The number of anilines is 2. The van der Waals surface area contributed by atoms with Crippen LogP contribution in [0, 0.1) is 0 Å². The molecule has 1 fully saturated rings. The molecule has 1 unspecified atom stereocenters. The molecule has 1 aromatic rings. The average molecular weight is 277 g/mol. The highest BCUT2D eigenvalue weighted by Crippen LogP contribution is 2.27. The summed E-state index contributed by atoms with van der Waals surface area (Å²) in [5.74, 6) is -0.370. The lowest BCUT2D eigenvalue weighted by atomic mass is 10.1. The lowest BCUT2D eigenvalue weighted by molar-refractivity contribution is 0.0601. The Kier molecular flexibility index (Phi) is 4.49. The largest absolute Gasteiger partial charge is 0.465 e. The van der Waals surface area contributed by atoms with Gasteiger partial charge in [0.15, 0.2) is 0 Å². The predicted molar refractivity (Wildman–Crippen MR) is 80.9 cm³/mol. The molecular weight excluding hydrogens is 254 g/mol. The van der Waals surface area contributed by atoms with Crippen LogP contribution in [0.3, 0.4) is 0 Å². The lowest BCUT2D eigenvalue weighted by Gasteiger charge is -2.25. The number of hydrogen-bond acceptors (Lipinski definition) is 5. The summed E-state index contributed by atoms with van der Waals surface area (Å²) in [6.45, 7) is 3.03. The molecule has 0 bridgehead atoms. The SMILES string of the molecule is COC(=O)c1ccc(NCC(C)N(C)C2CC2)c(N)c1. The van der Waals surface area contributed by atoms with Gasteiger partial charge in [0, 0.05) is 18.6 Å². The molecule has 3 N–H and O–H groups in total. The number of esters is 1. The Balaban J connectivity index is 1.94. The minimum atomic E-state index is -0.370. The van der Waals surface area contributed by atoms with Crippen LogP contribution in [0.5, 0.6) is 0 Å². The smallest absolute Gasteiger partial charge is 0.337 e. The van der Waals surface area contributed by atoms with Crippen LogP contribution in [0.1, 0.15) is 30.1 Å². The van der Waals surface area contributed by atoms with E-state index in [1.807, 2.05) is 6.07 Å². The Hall–Kier alpha value is -1.75. The van der Waals surface area contributed by atoms with Crippen molar-refractivity contribution in [1.29, 1.82) is 0 Å². The van der Waals surface area contributed by atoms with Crippen molar-refractivity contribution in [3.8, 4) is 0 Å². The number of methoxy groups -OCH3 is 1.